The Labute approximate surface area is 152 Å². The highest BCUT2D eigenvalue weighted by molar-refractivity contribution is 7.91. The number of carboxylic acid groups (broad SMARTS) is 1. The summed E-state index contributed by atoms with van der Waals surface area (Å²) in [4.78, 5) is 13.1. The molecule has 1 heterocycles. The summed E-state index contributed by atoms with van der Waals surface area (Å²) in [5.41, 5.74) is -0.102. The SMILES string of the molecule is CC1(C)OC[C@H](Cc2ccc(S(=O)(=O)c3ccccc3)cc2)N1C(=O)[O-]. The van der Waals surface area contributed by atoms with Gasteiger partial charge in [-0.3, -0.25) is 0 Å². The molecule has 26 heavy (non-hydrogen) atoms. The zero-order valence-corrected chi connectivity index (χ0v) is 15.4. The number of sulfone groups is 1. The normalized spacial score (nSPS) is 19.5. The summed E-state index contributed by atoms with van der Waals surface area (Å²) in [6.45, 7) is 3.63. The summed E-state index contributed by atoms with van der Waals surface area (Å²) in [5, 5.41) is 11.4. The minimum absolute atomic E-state index is 0.201. The van der Waals surface area contributed by atoms with E-state index in [0.29, 0.717) is 6.42 Å². The molecule has 0 N–H and O–H groups in total. The Morgan fingerprint density at radius 2 is 1.69 bits per heavy atom. The molecule has 0 saturated carbocycles. The molecule has 0 radical (unpaired) electrons. The molecule has 1 saturated heterocycles. The van der Waals surface area contributed by atoms with Crippen molar-refractivity contribution in [2.45, 2.75) is 41.8 Å². The highest BCUT2D eigenvalue weighted by Gasteiger charge is 2.40. The molecule has 1 fully saturated rings. The van der Waals surface area contributed by atoms with Crippen molar-refractivity contribution >= 4 is 15.9 Å². The molecule has 7 heteroatoms. The van der Waals surface area contributed by atoms with Gasteiger partial charge in [-0.15, -0.1) is 0 Å². The largest absolute Gasteiger partial charge is 0.530 e. The summed E-state index contributed by atoms with van der Waals surface area (Å²) in [7, 11) is -3.56. The highest BCUT2D eigenvalue weighted by Crippen LogP contribution is 2.29. The molecule has 1 aliphatic heterocycles. The van der Waals surface area contributed by atoms with Crippen LogP contribution in [0.1, 0.15) is 19.4 Å². The van der Waals surface area contributed by atoms with Crippen LogP contribution in [0.4, 0.5) is 4.79 Å². The van der Waals surface area contributed by atoms with Crippen LogP contribution >= 0.6 is 0 Å². The van der Waals surface area contributed by atoms with Gasteiger partial charge in [-0.2, -0.15) is 0 Å². The lowest BCUT2D eigenvalue weighted by Gasteiger charge is -2.35. The summed E-state index contributed by atoms with van der Waals surface area (Å²) in [6, 6.07) is 14.3. The first kappa shape index (κ1) is 18.4. The van der Waals surface area contributed by atoms with Crippen molar-refractivity contribution < 1.29 is 23.1 Å². The monoisotopic (exact) mass is 374 g/mol. The lowest BCUT2D eigenvalue weighted by Crippen LogP contribution is -2.53. The average molecular weight is 374 g/mol. The second kappa shape index (κ2) is 6.74. The molecule has 138 valence electrons. The van der Waals surface area contributed by atoms with Gasteiger partial charge in [-0.1, -0.05) is 30.3 Å². The van der Waals surface area contributed by atoms with Gasteiger partial charge in [0.25, 0.3) is 0 Å². The Hall–Kier alpha value is -2.38. The number of amides is 1. The lowest BCUT2D eigenvalue weighted by molar-refractivity contribution is -0.276. The van der Waals surface area contributed by atoms with Crippen molar-refractivity contribution in [1.82, 2.24) is 4.90 Å². The van der Waals surface area contributed by atoms with Gasteiger partial charge in [-0.25, -0.2) is 8.42 Å². The number of carbonyl (C=O) groups is 1. The predicted molar refractivity (Wildman–Crippen MR) is 93.1 cm³/mol. The van der Waals surface area contributed by atoms with E-state index in [1.807, 2.05) is 0 Å². The van der Waals surface area contributed by atoms with Crippen molar-refractivity contribution in [2.24, 2.45) is 0 Å². The van der Waals surface area contributed by atoms with E-state index in [1.165, 1.54) is 4.90 Å². The first-order chi connectivity index (χ1) is 12.2. The van der Waals surface area contributed by atoms with Gasteiger partial charge in [0.1, 0.15) is 11.8 Å². The van der Waals surface area contributed by atoms with E-state index in [9.17, 15) is 18.3 Å². The van der Waals surface area contributed by atoms with E-state index in [1.54, 1.807) is 68.4 Å². The van der Waals surface area contributed by atoms with Crippen LogP contribution in [-0.2, 0) is 21.0 Å². The Balaban J connectivity index is 1.80. The number of ether oxygens (including phenoxy) is 1. The van der Waals surface area contributed by atoms with Gasteiger partial charge in [-0.05, 0) is 50.1 Å². The third kappa shape index (κ3) is 3.45. The predicted octanol–water partition coefficient (Wildman–Crippen LogP) is 1.84. The van der Waals surface area contributed by atoms with Crippen LogP contribution in [-0.4, -0.2) is 37.8 Å². The topological polar surface area (TPSA) is 86.7 Å². The van der Waals surface area contributed by atoms with Crippen LogP contribution < -0.4 is 5.11 Å². The molecule has 0 aromatic heterocycles. The maximum absolute atomic E-state index is 12.6. The number of hydrogen-bond acceptors (Lipinski definition) is 5. The van der Waals surface area contributed by atoms with E-state index in [4.69, 9.17) is 4.74 Å². The maximum Gasteiger partial charge on any atom is 0.206 e. The van der Waals surface area contributed by atoms with Gasteiger partial charge in [0.15, 0.2) is 0 Å². The third-order valence-electron chi connectivity index (χ3n) is 4.53. The molecule has 3 rings (SSSR count). The zero-order chi connectivity index (χ0) is 18.9. The van der Waals surface area contributed by atoms with Crippen molar-refractivity contribution in [3.8, 4) is 0 Å². The van der Waals surface area contributed by atoms with Crippen molar-refractivity contribution in [3.05, 3.63) is 60.2 Å². The Morgan fingerprint density at radius 3 is 2.27 bits per heavy atom. The number of rotatable bonds is 4. The number of carbonyl (C=O) groups excluding carboxylic acids is 1. The molecule has 2 aromatic carbocycles. The molecule has 1 atom stereocenters. The first-order valence-corrected chi connectivity index (χ1v) is 9.73. The summed E-state index contributed by atoms with van der Waals surface area (Å²) in [5.74, 6) is 0. The first-order valence-electron chi connectivity index (χ1n) is 8.25. The molecular weight excluding hydrogens is 354 g/mol. The van der Waals surface area contributed by atoms with E-state index in [0.717, 1.165) is 5.56 Å². The lowest BCUT2D eigenvalue weighted by atomic mass is 10.1. The second-order valence-corrected chi connectivity index (χ2v) is 8.66. The van der Waals surface area contributed by atoms with Crippen molar-refractivity contribution in [3.63, 3.8) is 0 Å². The minimum atomic E-state index is -3.56. The van der Waals surface area contributed by atoms with Crippen LogP contribution in [0.15, 0.2) is 64.4 Å². The van der Waals surface area contributed by atoms with Crippen LogP contribution in [0.2, 0.25) is 0 Å². The van der Waals surface area contributed by atoms with Gasteiger partial charge in [0.05, 0.1) is 22.4 Å². The number of benzene rings is 2. The minimum Gasteiger partial charge on any atom is -0.530 e. The third-order valence-corrected chi connectivity index (χ3v) is 6.31. The Kier molecular flexibility index (Phi) is 4.77. The average Bonchev–Trinajstić information content (AvgIpc) is 2.90. The quantitative estimate of drug-likeness (QED) is 0.815. The fourth-order valence-corrected chi connectivity index (χ4v) is 4.50. The Bertz CT molecular complexity index is 891. The fraction of sp³-hybridized carbons (Fsp3) is 0.316. The molecule has 2 aromatic rings. The molecule has 6 nitrogen and oxygen atoms in total. The van der Waals surface area contributed by atoms with Crippen LogP contribution in [0.5, 0.6) is 0 Å². The summed E-state index contributed by atoms with van der Waals surface area (Å²) >= 11 is 0. The Morgan fingerprint density at radius 1 is 1.12 bits per heavy atom. The van der Waals surface area contributed by atoms with Gasteiger partial charge >= 0.3 is 0 Å². The summed E-state index contributed by atoms with van der Waals surface area (Å²) in [6.07, 6.45) is -0.857. The van der Waals surface area contributed by atoms with Crippen molar-refractivity contribution in [1.29, 1.82) is 0 Å². The fourth-order valence-electron chi connectivity index (χ4n) is 3.22. The summed E-state index contributed by atoms with van der Waals surface area (Å²) < 4.78 is 30.7. The van der Waals surface area contributed by atoms with Crippen LogP contribution in [0.25, 0.3) is 0 Å². The van der Waals surface area contributed by atoms with E-state index >= 15 is 0 Å². The smallest absolute Gasteiger partial charge is 0.206 e. The molecule has 1 aliphatic rings. The molecule has 0 aliphatic carbocycles. The van der Waals surface area contributed by atoms with Crippen molar-refractivity contribution in [2.75, 3.05) is 6.61 Å². The molecule has 0 spiro atoms. The molecule has 0 unspecified atom stereocenters. The molecule has 1 amide bonds. The van der Waals surface area contributed by atoms with Crippen LogP contribution in [0, 0.1) is 0 Å². The number of hydrogen-bond donors (Lipinski definition) is 0. The maximum atomic E-state index is 12.6. The van der Waals surface area contributed by atoms with E-state index < -0.39 is 21.7 Å². The zero-order valence-electron chi connectivity index (χ0n) is 14.6. The van der Waals surface area contributed by atoms with Gasteiger partial charge in [0.2, 0.25) is 9.84 Å². The second-order valence-electron chi connectivity index (χ2n) is 6.71. The van der Waals surface area contributed by atoms with E-state index in [-0.39, 0.29) is 22.4 Å². The highest BCUT2D eigenvalue weighted by atomic mass is 32.2. The van der Waals surface area contributed by atoms with E-state index in [2.05, 4.69) is 0 Å². The van der Waals surface area contributed by atoms with Gasteiger partial charge in [0, 0.05) is 0 Å². The van der Waals surface area contributed by atoms with Gasteiger partial charge < -0.3 is 19.5 Å². The van der Waals surface area contributed by atoms with Crippen LogP contribution in [0.3, 0.4) is 0 Å². The molecular formula is C19H20NO5S-. The standard InChI is InChI=1S/C19H21NO5S/c1-19(2)20(18(21)22)15(13-25-19)12-14-8-10-17(11-9-14)26(23,24)16-6-4-3-5-7-16/h3-11,15H,12-13H2,1-2H3,(H,21,22)/p-1/t15-/m0/s1. The number of nitrogens with zero attached hydrogens (tertiary/aromatic N) is 1. The molecule has 0 bridgehead atoms.